The van der Waals surface area contributed by atoms with E-state index in [0.29, 0.717) is 19.5 Å². The Morgan fingerprint density at radius 3 is 2.32 bits per heavy atom. The molecule has 2 aliphatic rings. The van der Waals surface area contributed by atoms with Crippen molar-refractivity contribution < 1.29 is 9.59 Å². The third kappa shape index (κ3) is 4.82. The maximum atomic E-state index is 12.8. The fourth-order valence-electron chi connectivity index (χ4n) is 3.76. The van der Waals surface area contributed by atoms with Gasteiger partial charge in [-0.2, -0.15) is 0 Å². The second kappa shape index (κ2) is 8.48. The van der Waals surface area contributed by atoms with Crippen molar-refractivity contribution in [1.82, 2.24) is 10.2 Å². The van der Waals surface area contributed by atoms with Crippen LogP contribution in [0.5, 0.6) is 0 Å². The summed E-state index contributed by atoms with van der Waals surface area (Å²) in [5.41, 5.74) is 1.98. The number of nitrogens with zero attached hydrogens (tertiary/aromatic N) is 1. The average Bonchev–Trinajstić information content (AvgIpc) is 2.92. The van der Waals surface area contributed by atoms with E-state index < -0.39 is 0 Å². The number of amides is 2. The summed E-state index contributed by atoms with van der Waals surface area (Å²) < 4.78 is 0. The Hall–Kier alpha value is -1.88. The van der Waals surface area contributed by atoms with E-state index in [1.54, 1.807) is 0 Å². The fraction of sp³-hybridized carbons (Fsp3) is 0.600. The lowest BCUT2D eigenvalue weighted by atomic mass is 9.88. The van der Waals surface area contributed by atoms with Gasteiger partial charge in [-0.25, -0.2) is 0 Å². The smallest absolute Gasteiger partial charge is 0.228 e. The number of aryl methyl sites for hydroxylation is 1. The minimum Gasteiger partial charge on any atom is -0.342 e. The number of anilines is 1. The van der Waals surface area contributed by atoms with Crippen LogP contribution in [0.3, 0.4) is 0 Å². The Bertz CT molecular complexity index is 591. The molecule has 0 unspecified atom stereocenters. The summed E-state index contributed by atoms with van der Waals surface area (Å²) in [6.07, 6.45) is 5.27. The summed E-state index contributed by atoms with van der Waals surface area (Å²) in [5.74, 6) is -0.0106. The van der Waals surface area contributed by atoms with Crippen LogP contribution < -0.4 is 10.6 Å². The van der Waals surface area contributed by atoms with Gasteiger partial charge in [0, 0.05) is 31.9 Å². The molecule has 2 N–H and O–H groups in total. The molecule has 2 aliphatic heterocycles. The van der Waals surface area contributed by atoms with Gasteiger partial charge in [-0.15, -0.1) is 0 Å². The van der Waals surface area contributed by atoms with E-state index in [-0.39, 0.29) is 23.7 Å². The Balaban J connectivity index is 1.57. The highest BCUT2D eigenvalue weighted by Gasteiger charge is 2.33. The summed E-state index contributed by atoms with van der Waals surface area (Å²) in [6.45, 7) is 5.09. The minimum absolute atomic E-state index is 0.00437. The van der Waals surface area contributed by atoms with Crippen molar-refractivity contribution in [3.05, 3.63) is 29.8 Å². The van der Waals surface area contributed by atoms with Crippen molar-refractivity contribution in [2.75, 3.05) is 31.5 Å². The molecule has 3 rings (SSSR count). The second-order valence-corrected chi connectivity index (χ2v) is 7.38. The number of hydrogen-bond donors (Lipinski definition) is 2. The third-order valence-corrected chi connectivity index (χ3v) is 5.31. The SMILES string of the molecule is Cc1ccc(NC(=O)[C@@H]2CNC[C@H](C(=O)N3CCCCCC3)C2)cc1. The van der Waals surface area contributed by atoms with Crippen molar-refractivity contribution >= 4 is 17.5 Å². The van der Waals surface area contributed by atoms with Gasteiger partial charge < -0.3 is 15.5 Å². The first-order chi connectivity index (χ1) is 12.1. The minimum atomic E-state index is -0.156. The molecule has 0 aliphatic carbocycles. The zero-order valence-corrected chi connectivity index (χ0v) is 15.1. The Morgan fingerprint density at radius 2 is 1.64 bits per heavy atom. The molecule has 1 aromatic carbocycles. The number of rotatable bonds is 3. The molecule has 2 atom stereocenters. The zero-order chi connectivity index (χ0) is 17.6. The molecule has 0 radical (unpaired) electrons. The first-order valence-electron chi connectivity index (χ1n) is 9.50. The Morgan fingerprint density at radius 1 is 1.00 bits per heavy atom. The monoisotopic (exact) mass is 343 g/mol. The quantitative estimate of drug-likeness (QED) is 0.887. The van der Waals surface area contributed by atoms with E-state index in [1.165, 1.54) is 18.4 Å². The number of likely N-dealkylation sites (tertiary alicyclic amines) is 1. The molecule has 5 nitrogen and oxygen atoms in total. The van der Waals surface area contributed by atoms with Gasteiger partial charge in [-0.3, -0.25) is 9.59 Å². The van der Waals surface area contributed by atoms with Gasteiger partial charge in [0.25, 0.3) is 0 Å². The summed E-state index contributed by atoms with van der Waals surface area (Å²) >= 11 is 0. The van der Waals surface area contributed by atoms with Crippen LogP contribution in [0.15, 0.2) is 24.3 Å². The van der Waals surface area contributed by atoms with Crippen molar-refractivity contribution in [2.45, 2.75) is 39.0 Å². The molecule has 2 amide bonds. The average molecular weight is 343 g/mol. The largest absolute Gasteiger partial charge is 0.342 e. The Labute approximate surface area is 150 Å². The number of hydrogen-bond acceptors (Lipinski definition) is 3. The number of nitrogens with one attached hydrogen (secondary N) is 2. The molecular formula is C20H29N3O2. The zero-order valence-electron chi connectivity index (χ0n) is 15.1. The number of carbonyl (C=O) groups excluding carboxylic acids is 2. The maximum absolute atomic E-state index is 12.8. The predicted octanol–water partition coefficient (Wildman–Crippen LogP) is 2.56. The molecule has 0 spiro atoms. The van der Waals surface area contributed by atoms with Crippen molar-refractivity contribution in [3.8, 4) is 0 Å². The van der Waals surface area contributed by atoms with Crippen LogP contribution in [0, 0.1) is 18.8 Å². The third-order valence-electron chi connectivity index (χ3n) is 5.31. The highest BCUT2D eigenvalue weighted by Crippen LogP contribution is 2.22. The molecule has 25 heavy (non-hydrogen) atoms. The van der Waals surface area contributed by atoms with Crippen molar-refractivity contribution in [3.63, 3.8) is 0 Å². The fourth-order valence-corrected chi connectivity index (χ4v) is 3.76. The second-order valence-electron chi connectivity index (χ2n) is 7.38. The van der Waals surface area contributed by atoms with Gasteiger partial charge in [0.2, 0.25) is 11.8 Å². The summed E-state index contributed by atoms with van der Waals surface area (Å²) in [5, 5.41) is 6.27. The molecule has 5 heteroatoms. The molecule has 2 saturated heterocycles. The summed E-state index contributed by atoms with van der Waals surface area (Å²) in [7, 11) is 0. The van der Waals surface area contributed by atoms with Gasteiger partial charge >= 0.3 is 0 Å². The van der Waals surface area contributed by atoms with Crippen LogP contribution in [0.1, 0.15) is 37.7 Å². The lowest BCUT2D eigenvalue weighted by Crippen LogP contribution is -2.48. The summed E-state index contributed by atoms with van der Waals surface area (Å²) in [4.78, 5) is 27.4. The summed E-state index contributed by atoms with van der Waals surface area (Å²) in [6, 6.07) is 7.81. The van der Waals surface area contributed by atoms with E-state index in [9.17, 15) is 9.59 Å². The molecule has 2 heterocycles. The molecule has 0 aromatic heterocycles. The Kier molecular flexibility index (Phi) is 6.08. The van der Waals surface area contributed by atoms with Crippen LogP contribution in [0.25, 0.3) is 0 Å². The van der Waals surface area contributed by atoms with Crippen LogP contribution in [-0.2, 0) is 9.59 Å². The molecular weight excluding hydrogens is 314 g/mol. The molecule has 2 fully saturated rings. The molecule has 1 aromatic rings. The molecule has 136 valence electrons. The highest BCUT2D eigenvalue weighted by atomic mass is 16.2. The standard InChI is InChI=1S/C20H29N3O2/c1-15-6-8-18(9-7-15)22-19(24)16-12-17(14-21-13-16)20(25)23-10-4-2-3-5-11-23/h6-9,16-17,21H,2-5,10-14H2,1H3,(H,22,24)/t16-,17+/m0/s1. The van der Waals surface area contributed by atoms with Crippen molar-refractivity contribution in [1.29, 1.82) is 0 Å². The van der Waals surface area contributed by atoms with Crippen LogP contribution in [0.2, 0.25) is 0 Å². The first kappa shape index (κ1) is 17.9. The maximum Gasteiger partial charge on any atom is 0.228 e. The predicted molar refractivity (Wildman–Crippen MR) is 99.3 cm³/mol. The normalized spacial score (nSPS) is 24.4. The van der Waals surface area contributed by atoms with Crippen LogP contribution >= 0.6 is 0 Å². The van der Waals surface area contributed by atoms with E-state index in [1.807, 2.05) is 36.1 Å². The van der Waals surface area contributed by atoms with Gasteiger partial charge in [-0.1, -0.05) is 30.5 Å². The lowest BCUT2D eigenvalue weighted by Gasteiger charge is -2.32. The van der Waals surface area contributed by atoms with Gasteiger partial charge in [-0.05, 0) is 38.3 Å². The number of carbonyl (C=O) groups is 2. The van der Waals surface area contributed by atoms with Crippen LogP contribution in [-0.4, -0.2) is 42.9 Å². The first-order valence-corrected chi connectivity index (χ1v) is 9.50. The van der Waals surface area contributed by atoms with E-state index >= 15 is 0 Å². The molecule has 0 bridgehead atoms. The molecule has 0 saturated carbocycles. The van der Waals surface area contributed by atoms with Gasteiger partial charge in [0.15, 0.2) is 0 Å². The lowest BCUT2D eigenvalue weighted by molar-refractivity contribution is -0.137. The van der Waals surface area contributed by atoms with E-state index in [4.69, 9.17) is 0 Å². The van der Waals surface area contributed by atoms with Crippen molar-refractivity contribution in [2.24, 2.45) is 11.8 Å². The van der Waals surface area contributed by atoms with E-state index in [0.717, 1.165) is 31.6 Å². The number of piperidine rings is 1. The topological polar surface area (TPSA) is 61.4 Å². The highest BCUT2D eigenvalue weighted by molar-refractivity contribution is 5.93. The van der Waals surface area contributed by atoms with Gasteiger partial charge in [0.1, 0.15) is 0 Å². The van der Waals surface area contributed by atoms with Crippen LogP contribution in [0.4, 0.5) is 5.69 Å². The number of benzene rings is 1. The van der Waals surface area contributed by atoms with Gasteiger partial charge in [0.05, 0.1) is 11.8 Å². The van der Waals surface area contributed by atoms with E-state index in [2.05, 4.69) is 10.6 Å².